The number of hydrogen-bond acceptors (Lipinski definition) is 1. The molecule has 0 aliphatic rings. The second-order valence-corrected chi connectivity index (χ2v) is 4.45. The van der Waals surface area contributed by atoms with Gasteiger partial charge in [0.2, 0.25) is 0 Å². The van der Waals surface area contributed by atoms with Crippen LogP contribution in [0.1, 0.15) is 32.3 Å². The van der Waals surface area contributed by atoms with Gasteiger partial charge in [-0.05, 0) is 31.0 Å². The van der Waals surface area contributed by atoms with E-state index in [0.717, 1.165) is 22.9 Å². The highest BCUT2D eigenvalue weighted by atomic mass is 79.9. The largest absolute Gasteiger partial charge is 0.385 e. The molecule has 0 aromatic heterocycles. The molecule has 1 aromatic carbocycles. The van der Waals surface area contributed by atoms with Gasteiger partial charge >= 0.3 is 0 Å². The Hall–Kier alpha value is -0.340. The summed E-state index contributed by atoms with van der Waals surface area (Å²) in [7, 11) is 0. The van der Waals surface area contributed by atoms with Crippen molar-refractivity contribution in [3.8, 4) is 0 Å². The average Bonchev–Trinajstić information content (AvgIpc) is 2.05. The van der Waals surface area contributed by atoms with Crippen LogP contribution >= 0.6 is 15.9 Å². The van der Waals surface area contributed by atoms with E-state index in [1.54, 1.807) is 0 Å². The van der Waals surface area contributed by atoms with E-state index in [9.17, 15) is 5.11 Å². The van der Waals surface area contributed by atoms with Gasteiger partial charge in [-0.1, -0.05) is 41.4 Å². The highest BCUT2D eigenvalue weighted by Crippen LogP contribution is 2.26. The van der Waals surface area contributed by atoms with E-state index >= 15 is 0 Å². The van der Waals surface area contributed by atoms with Crippen LogP contribution in [-0.4, -0.2) is 5.11 Å². The summed E-state index contributed by atoms with van der Waals surface area (Å²) < 4.78 is 1.04. The summed E-state index contributed by atoms with van der Waals surface area (Å²) >= 11 is 3.37. The van der Waals surface area contributed by atoms with Crippen LogP contribution in [0.3, 0.4) is 0 Å². The van der Waals surface area contributed by atoms with Crippen LogP contribution in [0.2, 0.25) is 0 Å². The van der Waals surface area contributed by atoms with E-state index in [1.807, 2.05) is 31.2 Å². The van der Waals surface area contributed by atoms with Crippen molar-refractivity contribution in [2.75, 3.05) is 0 Å². The molecule has 0 aliphatic carbocycles. The lowest BCUT2D eigenvalue weighted by Gasteiger charge is -2.23. The maximum atomic E-state index is 10.1. The molecule has 13 heavy (non-hydrogen) atoms. The van der Waals surface area contributed by atoms with Gasteiger partial charge in [-0.25, -0.2) is 0 Å². The lowest BCUT2D eigenvalue weighted by molar-refractivity contribution is 0.0469. The molecule has 0 saturated carbocycles. The third kappa shape index (κ3) is 2.82. The van der Waals surface area contributed by atoms with Crippen molar-refractivity contribution in [1.82, 2.24) is 0 Å². The van der Waals surface area contributed by atoms with Crippen molar-refractivity contribution < 1.29 is 5.11 Å². The molecule has 1 aromatic rings. The molecule has 1 nitrogen and oxygen atoms in total. The minimum atomic E-state index is -0.685. The van der Waals surface area contributed by atoms with Gasteiger partial charge in [-0.15, -0.1) is 0 Å². The molecule has 72 valence electrons. The molecule has 0 heterocycles. The summed E-state index contributed by atoms with van der Waals surface area (Å²) in [5, 5.41) is 10.1. The van der Waals surface area contributed by atoms with Crippen molar-refractivity contribution in [3.05, 3.63) is 34.3 Å². The molecule has 1 atom stereocenters. The minimum absolute atomic E-state index is 0.685. The molecule has 1 rings (SSSR count). The third-order valence-electron chi connectivity index (χ3n) is 2.20. The summed E-state index contributed by atoms with van der Waals surface area (Å²) in [6.45, 7) is 3.94. The van der Waals surface area contributed by atoms with Crippen LogP contribution in [0, 0.1) is 0 Å². The summed E-state index contributed by atoms with van der Waals surface area (Å²) in [5.41, 5.74) is 0.299. The molecule has 2 heteroatoms. The van der Waals surface area contributed by atoms with Crippen LogP contribution in [0.15, 0.2) is 28.7 Å². The van der Waals surface area contributed by atoms with E-state index in [0.29, 0.717) is 0 Å². The molecule has 0 spiro atoms. The quantitative estimate of drug-likeness (QED) is 0.861. The zero-order valence-corrected chi connectivity index (χ0v) is 9.63. The Morgan fingerprint density at radius 3 is 2.31 bits per heavy atom. The SMILES string of the molecule is CCCC(C)(O)c1ccc(Br)cc1. The summed E-state index contributed by atoms with van der Waals surface area (Å²) in [6.07, 6.45) is 1.79. The number of hydrogen-bond donors (Lipinski definition) is 1. The zero-order chi connectivity index (χ0) is 9.90. The van der Waals surface area contributed by atoms with E-state index in [-0.39, 0.29) is 0 Å². The Morgan fingerprint density at radius 1 is 1.31 bits per heavy atom. The van der Waals surface area contributed by atoms with Crippen LogP contribution < -0.4 is 0 Å². The number of aliphatic hydroxyl groups is 1. The monoisotopic (exact) mass is 242 g/mol. The van der Waals surface area contributed by atoms with Crippen molar-refractivity contribution in [2.24, 2.45) is 0 Å². The smallest absolute Gasteiger partial charge is 0.0868 e. The van der Waals surface area contributed by atoms with Crippen molar-refractivity contribution in [1.29, 1.82) is 0 Å². The van der Waals surface area contributed by atoms with E-state index in [4.69, 9.17) is 0 Å². The van der Waals surface area contributed by atoms with Gasteiger partial charge in [0.15, 0.2) is 0 Å². The van der Waals surface area contributed by atoms with Gasteiger partial charge in [-0.2, -0.15) is 0 Å². The van der Waals surface area contributed by atoms with Gasteiger partial charge in [0.25, 0.3) is 0 Å². The zero-order valence-electron chi connectivity index (χ0n) is 8.05. The van der Waals surface area contributed by atoms with E-state index in [1.165, 1.54) is 0 Å². The molecule has 1 unspecified atom stereocenters. The van der Waals surface area contributed by atoms with Crippen LogP contribution in [-0.2, 0) is 5.60 Å². The standard InChI is InChI=1S/C11H15BrO/c1-3-8-11(2,13)9-4-6-10(12)7-5-9/h4-7,13H,3,8H2,1-2H3. The van der Waals surface area contributed by atoms with Gasteiger partial charge in [0, 0.05) is 4.47 Å². The van der Waals surface area contributed by atoms with Crippen molar-refractivity contribution in [3.63, 3.8) is 0 Å². The van der Waals surface area contributed by atoms with Gasteiger partial charge in [0.05, 0.1) is 5.60 Å². The Kier molecular flexibility index (Phi) is 3.51. The maximum Gasteiger partial charge on any atom is 0.0868 e. The highest BCUT2D eigenvalue weighted by Gasteiger charge is 2.20. The molecule has 0 aliphatic heterocycles. The predicted molar refractivity (Wildman–Crippen MR) is 58.6 cm³/mol. The van der Waals surface area contributed by atoms with Gasteiger partial charge < -0.3 is 5.11 Å². The van der Waals surface area contributed by atoms with Crippen LogP contribution in [0.4, 0.5) is 0 Å². The lowest BCUT2D eigenvalue weighted by atomic mass is 9.92. The van der Waals surface area contributed by atoms with Gasteiger partial charge in [-0.3, -0.25) is 0 Å². The molecule has 0 saturated heterocycles. The minimum Gasteiger partial charge on any atom is -0.385 e. The number of rotatable bonds is 3. The molecular weight excluding hydrogens is 228 g/mol. The first kappa shape index (κ1) is 10.7. The predicted octanol–water partition coefficient (Wildman–Crippen LogP) is 3.46. The molecule has 0 radical (unpaired) electrons. The topological polar surface area (TPSA) is 20.2 Å². The fourth-order valence-corrected chi connectivity index (χ4v) is 1.70. The van der Waals surface area contributed by atoms with E-state index in [2.05, 4.69) is 22.9 Å². The summed E-state index contributed by atoms with van der Waals surface area (Å²) in [4.78, 5) is 0. The highest BCUT2D eigenvalue weighted by molar-refractivity contribution is 9.10. The molecular formula is C11H15BrO. The van der Waals surface area contributed by atoms with Crippen molar-refractivity contribution >= 4 is 15.9 Å². The first-order chi connectivity index (χ1) is 6.06. The third-order valence-corrected chi connectivity index (χ3v) is 2.73. The van der Waals surface area contributed by atoms with Crippen LogP contribution in [0.5, 0.6) is 0 Å². The second-order valence-electron chi connectivity index (χ2n) is 3.53. The lowest BCUT2D eigenvalue weighted by Crippen LogP contribution is -2.20. The molecule has 0 bridgehead atoms. The summed E-state index contributed by atoms with van der Waals surface area (Å²) in [6, 6.07) is 7.83. The Morgan fingerprint density at radius 2 is 1.85 bits per heavy atom. The van der Waals surface area contributed by atoms with E-state index < -0.39 is 5.60 Å². The summed E-state index contributed by atoms with van der Waals surface area (Å²) in [5.74, 6) is 0. The first-order valence-corrected chi connectivity index (χ1v) is 5.34. The van der Waals surface area contributed by atoms with Crippen LogP contribution in [0.25, 0.3) is 0 Å². The fraction of sp³-hybridized carbons (Fsp3) is 0.455. The number of benzene rings is 1. The fourth-order valence-electron chi connectivity index (χ4n) is 1.44. The Balaban J connectivity index is 2.87. The second kappa shape index (κ2) is 4.25. The average molecular weight is 243 g/mol. The maximum absolute atomic E-state index is 10.1. The Labute approximate surface area is 87.9 Å². The first-order valence-electron chi connectivity index (χ1n) is 4.54. The molecule has 0 fully saturated rings. The van der Waals surface area contributed by atoms with Crippen molar-refractivity contribution in [2.45, 2.75) is 32.3 Å². The molecule has 1 N–H and O–H groups in total. The normalized spacial score (nSPS) is 15.4. The van der Waals surface area contributed by atoms with Gasteiger partial charge in [0.1, 0.15) is 0 Å². The number of halogens is 1. The molecule has 0 amide bonds. The Bertz CT molecular complexity index is 264.